The molecule has 0 amide bonds. The second-order valence-corrected chi connectivity index (χ2v) is 8.68. The number of hydrogen-bond donors (Lipinski definition) is 1. The zero-order valence-corrected chi connectivity index (χ0v) is 18.0. The average molecular weight is 448 g/mol. The van der Waals surface area contributed by atoms with Crippen LogP contribution in [0.2, 0.25) is 0 Å². The molecule has 1 fully saturated rings. The summed E-state index contributed by atoms with van der Waals surface area (Å²) in [6, 6.07) is 5.17. The van der Waals surface area contributed by atoms with Gasteiger partial charge in [-0.15, -0.1) is 17.5 Å². The number of halogens is 3. The van der Waals surface area contributed by atoms with Crippen LogP contribution in [0.5, 0.6) is 0 Å². The molecule has 0 saturated heterocycles. The van der Waals surface area contributed by atoms with Crippen LogP contribution in [0.15, 0.2) is 82.6 Å². The largest absolute Gasteiger partial charge is 0.480 e. The Morgan fingerprint density at radius 1 is 1.35 bits per heavy atom. The predicted octanol–water partition coefficient (Wildman–Crippen LogP) is 6.74. The molecule has 7 heteroatoms. The molecule has 0 spiro atoms. The van der Waals surface area contributed by atoms with E-state index >= 15 is 0 Å². The molecule has 3 nitrogen and oxygen atoms in total. The lowest BCUT2D eigenvalue weighted by molar-refractivity contribution is -0.142. The van der Waals surface area contributed by atoms with Crippen LogP contribution in [0.3, 0.4) is 0 Å². The zero-order valence-electron chi connectivity index (χ0n) is 17.2. The number of carboxylic acid groups (broad SMARTS) is 1. The first-order valence-electron chi connectivity index (χ1n) is 9.69. The molecule has 1 aliphatic carbocycles. The van der Waals surface area contributed by atoms with E-state index < -0.39 is 22.5 Å². The third-order valence-electron chi connectivity index (χ3n) is 4.67. The molecule has 1 aliphatic rings. The number of aliphatic imine (C=N–C) groups is 1. The Bertz CT molecular complexity index is 963. The normalized spacial score (nSPS) is 16.4. The molecule has 1 aromatic rings. The molecule has 0 aromatic heterocycles. The van der Waals surface area contributed by atoms with Gasteiger partial charge in [0.25, 0.3) is 0 Å². The van der Waals surface area contributed by atoms with Crippen LogP contribution in [0.25, 0.3) is 0 Å². The minimum Gasteiger partial charge on any atom is -0.480 e. The number of aliphatic carboxylic acids is 1. The zero-order chi connectivity index (χ0) is 22.9. The molecule has 1 saturated carbocycles. The third kappa shape index (κ3) is 7.46. The Morgan fingerprint density at radius 2 is 2.10 bits per heavy atom. The highest BCUT2D eigenvalue weighted by atomic mass is 32.2. The van der Waals surface area contributed by atoms with Crippen molar-refractivity contribution in [2.45, 2.75) is 43.5 Å². The van der Waals surface area contributed by atoms with Gasteiger partial charge in [0.2, 0.25) is 0 Å². The van der Waals surface area contributed by atoms with Crippen molar-refractivity contribution in [2.75, 3.05) is 0 Å². The van der Waals surface area contributed by atoms with Gasteiger partial charge in [-0.25, -0.2) is 0 Å². The first kappa shape index (κ1) is 24.5. The van der Waals surface area contributed by atoms with Crippen molar-refractivity contribution in [1.29, 1.82) is 0 Å². The summed E-state index contributed by atoms with van der Waals surface area (Å²) in [7, 11) is 0. The Morgan fingerprint density at radius 3 is 2.68 bits per heavy atom. The van der Waals surface area contributed by atoms with Gasteiger partial charge < -0.3 is 5.11 Å². The molecule has 1 N–H and O–H groups in total. The summed E-state index contributed by atoms with van der Waals surface area (Å²) in [4.78, 5) is 16.6. The van der Waals surface area contributed by atoms with Gasteiger partial charge in [-0.05, 0) is 67.4 Å². The fourth-order valence-corrected chi connectivity index (χ4v) is 4.20. The summed E-state index contributed by atoms with van der Waals surface area (Å²) in [5.41, 5.74) is 3.34. The quantitative estimate of drug-likeness (QED) is 0.259. The average Bonchev–Trinajstić information content (AvgIpc) is 2.67. The highest BCUT2D eigenvalue weighted by Crippen LogP contribution is 2.47. The number of rotatable bonds is 9. The van der Waals surface area contributed by atoms with E-state index in [1.54, 1.807) is 42.7 Å². The van der Waals surface area contributed by atoms with E-state index in [0.717, 1.165) is 23.5 Å². The van der Waals surface area contributed by atoms with Crippen molar-refractivity contribution in [3.8, 4) is 0 Å². The van der Waals surface area contributed by atoms with Crippen LogP contribution in [-0.2, 0) is 17.4 Å². The third-order valence-corrected chi connectivity index (χ3v) is 6.10. The standard InChI is InChI=1S/C24H24F3NO2S/c1-3-8-21(28-16-13-18(2)31-23(22(29)30)14-7-15-23)12-5-4-9-19-10-6-11-20(17-19)24(25,26)27/h3-4,6,8,10-13,16-17H,1,7,9,14-15H2,2H3,(H,29,30)/b18-13+,21-8+,28-16-. The lowest BCUT2D eigenvalue weighted by Gasteiger charge is -2.36. The molecule has 0 heterocycles. The SMILES string of the molecule is C=C/C=C(C=C=CCc1cccc(C(F)(F)F)c1)/N=C\C=C(/C)SC1(C(=O)O)CCC1. The predicted molar refractivity (Wildman–Crippen MR) is 120 cm³/mol. The van der Waals surface area contributed by atoms with Gasteiger partial charge >= 0.3 is 12.1 Å². The Kier molecular flexibility index (Phi) is 8.72. The van der Waals surface area contributed by atoms with Gasteiger partial charge in [-0.1, -0.05) is 30.9 Å². The lowest BCUT2D eigenvalue weighted by Crippen LogP contribution is -2.41. The van der Waals surface area contributed by atoms with E-state index in [0.29, 0.717) is 30.5 Å². The van der Waals surface area contributed by atoms with Gasteiger partial charge in [-0.3, -0.25) is 9.79 Å². The summed E-state index contributed by atoms with van der Waals surface area (Å²) in [5, 5.41) is 9.40. The first-order valence-corrected chi connectivity index (χ1v) is 10.5. The molecule has 0 bridgehead atoms. The molecule has 0 atom stereocenters. The summed E-state index contributed by atoms with van der Waals surface area (Å²) in [5.74, 6) is -0.783. The van der Waals surface area contributed by atoms with Crippen molar-refractivity contribution in [3.63, 3.8) is 0 Å². The fraction of sp³-hybridized carbons (Fsp3) is 0.292. The van der Waals surface area contributed by atoms with E-state index in [-0.39, 0.29) is 0 Å². The lowest BCUT2D eigenvalue weighted by atomic mass is 9.84. The van der Waals surface area contributed by atoms with E-state index in [1.165, 1.54) is 17.8 Å². The first-order chi connectivity index (χ1) is 14.7. The van der Waals surface area contributed by atoms with Crippen LogP contribution < -0.4 is 0 Å². The molecule has 2 rings (SSSR count). The van der Waals surface area contributed by atoms with Gasteiger partial charge in [0, 0.05) is 12.3 Å². The molecule has 164 valence electrons. The smallest absolute Gasteiger partial charge is 0.416 e. The van der Waals surface area contributed by atoms with E-state index in [9.17, 15) is 23.1 Å². The van der Waals surface area contributed by atoms with Crippen LogP contribution in [0.4, 0.5) is 13.2 Å². The number of alkyl halides is 3. The van der Waals surface area contributed by atoms with Gasteiger partial charge in [0.05, 0.1) is 11.3 Å². The number of hydrogen-bond acceptors (Lipinski definition) is 3. The van der Waals surface area contributed by atoms with E-state index in [4.69, 9.17) is 0 Å². The number of allylic oxidation sites excluding steroid dienone is 5. The number of nitrogens with zero attached hydrogens (tertiary/aromatic N) is 1. The minimum atomic E-state index is -4.36. The van der Waals surface area contributed by atoms with Crippen molar-refractivity contribution in [1.82, 2.24) is 0 Å². The van der Waals surface area contributed by atoms with E-state index in [1.807, 2.05) is 6.92 Å². The molecule has 0 aliphatic heterocycles. The summed E-state index contributed by atoms with van der Waals surface area (Å²) in [6.07, 6.45) is 7.99. The molecule has 0 radical (unpaired) electrons. The maximum Gasteiger partial charge on any atom is 0.416 e. The van der Waals surface area contributed by atoms with Crippen molar-refractivity contribution < 1.29 is 23.1 Å². The van der Waals surface area contributed by atoms with Gasteiger partial charge in [0.1, 0.15) is 4.75 Å². The second-order valence-electron chi connectivity index (χ2n) is 7.06. The Balaban J connectivity index is 2.01. The number of benzene rings is 1. The number of thioether (sulfide) groups is 1. The highest BCUT2D eigenvalue weighted by molar-refractivity contribution is 8.05. The maximum absolute atomic E-state index is 12.8. The summed E-state index contributed by atoms with van der Waals surface area (Å²) >= 11 is 1.35. The fourth-order valence-electron chi connectivity index (χ4n) is 2.87. The number of carbonyl (C=O) groups is 1. The molecule has 1 aromatic carbocycles. The van der Waals surface area contributed by atoms with Crippen molar-refractivity contribution in [2.24, 2.45) is 4.99 Å². The molecular formula is C24H24F3NO2S. The minimum absolute atomic E-state index is 0.304. The molecular weight excluding hydrogens is 423 g/mol. The van der Waals surface area contributed by atoms with Crippen molar-refractivity contribution in [3.05, 3.63) is 88.7 Å². The number of carboxylic acids is 1. The van der Waals surface area contributed by atoms with E-state index in [2.05, 4.69) is 17.3 Å². The second kappa shape index (κ2) is 11.0. The molecule has 31 heavy (non-hydrogen) atoms. The monoisotopic (exact) mass is 447 g/mol. The van der Waals surface area contributed by atoms with Crippen LogP contribution in [0.1, 0.15) is 37.3 Å². The van der Waals surface area contributed by atoms with Crippen LogP contribution in [-0.4, -0.2) is 22.0 Å². The van der Waals surface area contributed by atoms with Gasteiger partial charge in [-0.2, -0.15) is 13.2 Å². The van der Waals surface area contributed by atoms with Crippen molar-refractivity contribution >= 4 is 23.9 Å². The molecule has 0 unspecified atom stereocenters. The van der Waals surface area contributed by atoms with Gasteiger partial charge in [0.15, 0.2) is 0 Å². The summed E-state index contributed by atoms with van der Waals surface area (Å²) in [6.45, 7) is 5.49. The van der Waals surface area contributed by atoms with Crippen LogP contribution >= 0.6 is 11.8 Å². The highest BCUT2D eigenvalue weighted by Gasteiger charge is 2.45. The van der Waals surface area contributed by atoms with Crippen LogP contribution in [0, 0.1) is 0 Å². The summed E-state index contributed by atoms with van der Waals surface area (Å²) < 4.78 is 37.6. The topological polar surface area (TPSA) is 49.7 Å². The maximum atomic E-state index is 12.8. The Labute approximate surface area is 184 Å². The Hall–Kier alpha value is -2.76.